The molecule has 0 radical (unpaired) electrons. The van der Waals surface area contributed by atoms with Crippen LogP contribution >= 0.6 is 11.6 Å². The number of aromatic nitrogens is 1. The Kier molecular flexibility index (Phi) is 4.48. The molecule has 0 bridgehead atoms. The Hall–Kier alpha value is -2.66. The van der Waals surface area contributed by atoms with E-state index in [-0.39, 0.29) is 17.1 Å². The van der Waals surface area contributed by atoms with Gasteiger partial charge in [-0.1, -0.05) is 35.9 Å². The van der Waals surface area contributed by atoms with Crippen LogP contribution in [-0.2, 0) is 16.1 Å². The Morgan fingerprint density at radius 2 is 2.00 bits per heavy atom. The molecule has 4 nitrogen and oxygen atoms in total. The van der Waals surface area contributed by atoms with E-state index in [0.29, 0.717) is 22.6 Å². The minimum absolute atomic E-state index is 0.00455. The Bertz CT molecular complexity index is 1120. The molecule has 0 saturated heterocycles. The van der Waals surface area contributed by atoms with Crippen LogP contribution in [0.1, 0.15) is 36.8 Å². The number of rotatable bonds is 4. The van der Waals surface area contributed by atoms with Crippen molar-refractivity contribution in [2.24, 2.45) is 0 Å². The third-order valence-corrected chi connectivity index (χ3v) is 5.04. The standard InChI is InChI=1S/C21H17ClFNO3/c1-12(25)27-11-14-4-2-3-5-18(14)24-19(22)10-16-8-15(13-6-7-13)9-17(23)20(16)21(24)26/h2-5,8-10,13H,6-7,11H2,1H3. The number of hydrogen-bond donors (Lipinski definition) is 0. The van der Waals surface area contributed by atoms with Gasteiger partial charge in [0.25, 0.3) is 5.56 Å². The number of benzene rings is 2. The first-order valence-corrected chi connectivity index (χ1v) is 9.10. The lowest BCUT2D eigenvalue weighted by atomic mass is 10.0. The number of carbonyl (C=O) groups is 1. The number of hydrogen-bond acceptors (Lipinski definition) is 3. The van der Waals surface area contributed by atoms with E-state index in [2.05, 4.69) is 0 Å². The smallest absolute Gasteiger partial charge is 0.302 e. The van der Waals surface area contributed by atoms with Gasteiger partial charge in [-0.15, -0.1) is 0 Å². The lowest BCUT2D eigenvalue weighted by Gasteiger charge is -2.15. The molecule has 1 heterocycles. The molecule has 27 heavy (non-hydrogen) atoms. The third-order valence-electron chi connectivity index (χ3n) is 4.76. The van der Waals surface area contributed by atoms with Crippen molar-refractivity contribution in [3.63, 3.8) is 0 Å². The van der Waals surface area contributed by atoms with Gasteiger partial charge >= 0.3 is 5.97 Å². The van der Waals surface area contributed by atoms with Crippen molar-refractivity contribution in [3.05, 3.63) is 74.9 Å². The van der Waals surface area contributed by atoms with Crippen LogP contribution in [0.15, 0.2) is 47.3 Å². The van der Waals surface area contributed by atoms with Crippen LogP contribution < -0.4 is 5.56 Å². The van der Waals surface area contributed by atoms with E-state index in [4.69, 9.17) is 16.3 Å². The van der Waals surface area contributed by atoms with Crippen LogP contribution in [0, 0.1) is 5.82 Å². The van der Waals surface area contributed by atoms with E-state index in [1.807, 2.05) is 6.07 Å². The summed E-state index contributed by atoms with van der Waals surface area (Å²) in [5, 5.41) is 0.682. The summed E-state index contributed by atoms with van der Waals surface area (Å²) in [7, 11) is 0. The minimum Gasteiger partial charge on any atom is -0.461 e. The summed E-state index contributed by atoms with van der Waals surface area (Å²) in [5.41, 5.74) is 1.43. The molecule has 0 aliphatic heterocycles. The van der Waals surface area contributed by atoms with E-state index in [9.17, 15) is 14.0 Å². The highest BCUT2D eigenvalue weighted by atomic mass is 35.5. The van der Waals surface area contributed by atoms with Crippen LogP contribution in [0.5, 0.6) is 0 Å². The van der Waals surface area contributed by atoms with Gasteiger partial charge < -0.3 is 4.74 Å². The second kappa shape index (κ2) is 6.82. The first-order valence-electron chi connectivity index (χ1n) is 8.72. The molecule has 4 rings (SSSR count). The van der Waals surface area contributed by atoms with Gasteiger partial charge in [0.05, 0.1) is 11.1 Å². The average Bonchev–Trinajstić information content (AvgIpc) is 3.45. The van der Waals surface area contributed by atoms with Crippen LogP contribution in [0.3, 0.4) is 0 Å². The molecule has 3 aromatic rings. The van der Waals surface area contributed by atoms with Gasteiger partial charge in [-0.3, -0.25) is 14.2 Å². The van der Waals surface area contributed by atoms with Crippen LogP contribution in [0.2, 0.25) is 5.15 Å². The first kappa shape index (κ1) is 17.7. The molecule has 1 aliphatic rings. The molecule has 0 spiro atoms. The monoisotopic (exact) mass is 385 g/mol. The zero-order valence-corrected chi connectivity index (χ0v) is 15.4. The summed E-state index contributed by atoms with van der Waals surface area (Å²) in [6.07, 6.45) is 2.08. The molecule has 1 fully saturated rings. The number of ether oxygens (including phenoxy) is 1. The maximum absolute atomic E-state index is 14.8. The molecule has 138 valence electrons. The fraction of sp³-hybridized carbons (Fsp3) is 0.238. The van der Waals surface area contributed by atoms with Gasteiger partial charge in [-0.25, -0.2) is 4.39 Å². The van der Waals surface area contributed by atoms with E-state index >= 15 is 0 Å². The molecule has 1 aromatic heterocycles. The summed E-state index contributed by atoms with van der Waals surface area (Å²) < 4.78 is 21.1. The van der Waals surface area contributed by atoms with Crippen molar-refractivity contribution in [2.45, 2.75) is 32.3 Å². The van der Waals surface area contributed by atoms with Crippen molar-refractivity contribution >= 4 is 28.3 Å². The minimum atomic E-state index is -0.540. The fourth-order valence-electron chi connectivity index (χ4n) is 3.30. The second-order valence-electron chi connectivity index (χ2n) is 6.76. The second-order valence-corrected chi connectivity index (χ2v) is 7.15. The summed E-state index contributed by atoms with van der Waals surface area (Å²) >= 11 is 6.41. The highest BCUT2D eigenvalue weighted by Gasteiger charge is 2.25. The Morgan fingerprint density at radius 1 is 1.26 bits per heavy atom. The van der Waals surface area contributed by atoms with Crippen molar-refractivity contribution in [1.82, 2.24) is 4.57 Å². The van der Waals surface area contributed by atoms with Crippen molar-refractivity contribution in [2.75, 3.05) is 0 Å². The summed E-state index contributed by atoms with van der Waals surface area (Å²) in [6.45, 7) is 1.31. The molecule has 0 unspecified atom stereocenters. The quantitative estimate of drug-likeness (QED) is 0.482. The number of pyridine rings is 1. The van der Waals surface area contributed by atoms with Crippen LogP contribution in [-0.4, -0.2) is 10.5 Å². The fourth-order valence-corrected chi connectivity index (χ4v) is 3.58. The van der Waals surface area contributed by atoms with Gasteiger partial charge in [0, 0.05) is 12.5 Å². The molecule has 2 aromatic carbocycles. The first-order chi connectivity index (χ1) is 13.0. The van der Waals surface area contributed by atoms with Crippen molar-refractivity contribution in [1.29, 1.82) is 0 Å². The molecule has 1 aliphatic carbocycles. The van der Waals surface area contributed by atoms with Crippen LogP contribution in [0.4, 0.5) is 4.39 Å². The molecular weight excluding hydrogens is 369 g/mol. The highest BCUT2D eigenvalue weighted by molar-refractivity contribution is 6.30. The molecule has 1 saturated carbocycles. The number of halogens is 2. The number of nitrogens with zero attached hydrogens (tertiary/aromatic N) is 1. The highest BCUT2D eigenvalue weighted by Crippen LogP contribution is 2.41. The number of para-hydroxylation sites is 1. The summed E-state index contributed by atoms with van der Waals surface area (Å²) in [4.78, 5) is 24.2. The molecular formula is C21H17ClFNO3. The largest absolute Gasteiger partial charge is 0.461 e. The topological polar surface area (TPSA) is 48.3 Å². The van der Waals surface area contributed by atoms with Crippen molar-refractivity contribution in [3.8, 4) is 5.69 Å². The predicted octanol–water partition coefficient (Wildman–Crippen LogP) is 4.72. The third kappa shape index (κ3) is 3.35. The Balaban J connectivity index is 1.91. The van der Waals surface area contributed by atoms with Gasteiger partial charge in [-0.2, -0.15) is 0 Å². The number of carbonyl (C=O) groups excluding carboxylic acids is 1. The predicted molar refractivity (Wildman–Crippen MR) is 102 cm³/mol. The zero-order chi connectivity index (χ0) is 19.1. The van der Waals surface area contributed by atoms with E-state index < -0.39 is 17.3 Å². The van der Waals surface area contributed by atoms with E-state index in [0.717, 1.165) is 18.4 Å². The van der Waals surface area contributed by atoms with Gasteiger partial charge in [0.15, 0.2) is 0 Å². The lowest BCUT2D eigenvalue weighted by Crippen LogP contribution is -2.21. The lowest BCUT2D eigenvalue weighted by molar-refractivity contribution is -0.142. The summed E-state index contributed by atoms with van der Waals surface area (Å²) in [5.74, 6) is -0.600. The molecule has 6 heteroatoms. The summed E-state index contributed by atoms with van der Waals surface area (Å²) in [6, 6.07) is 11.8. The Labute approximate surface area is 160 Å². The van der Waals surface area contributed by atoms with Crippen LogP contribution in [0.25, 0.3) is 16.5 Å². The number of esters is 1. The molecule has 0 amide bonds. The zero-order valence-electron chi connectivity index (χ0n) is 14.7. The Morgan fingerprint density at radius 3 is 2.70 bits per heavy atom. The maximum atomic E-state index is 14.8. The van der Waals surface area contributed by atoms with Gasteiger partial charge in [0.2, 0.25) is 0 Å². The van der Waals surface area contributed by atoms with E-state index in [1.165, 1.54) is 17.6 Å². The van der Waals surface area contributed by atoms with Gasteiger partial charge in [0.1, 0.15) is 17.6 Å². The van der Waals surface area contributed by atoms with Gasteiger partial charge in [-0.05, 0) is 47.9 Å². The van der Waals surface area contributed by atoms with Crippen molar-refractivity contribution < 1.29 is 13.9 Å². The molecule has 0 atom stereocenters. The normalized spacial score (nSPS) is 13.7. The molecule has 0 N–H and O–H groups in total. The SMILES string of the molecule is CC(=O)OCc1ccccc1-n1c(Cl)cc2cc(C3CC3)cc(F)c2c1=O. The number of fused-ring (bicyclic) bond motifs is 1. The maximum Gasteiger partial charge on any atom is 0.302 e. The van der Waals surface area contributed by atoms with E-state index in [1.54, 1.807) is 30.3 Å². The average molecular weight is 386 g/mol.